The molecule has 0 aliphatic rings. The number of hydrogen-bond acceptors (Lipinski definition) is 3. The topological polar surface area (TPSA) is 55.5 Å². The Morgan fingerprint density at radius 3 is 2.78 bits per heavy atom. The van der Waals surface area contributed by atoms with Crippen molar-refractivity contribution in [3.05, 3.63) is 58.6 Å². The quantitative estimate of drug-likeness (QED) is 0.834. The fourth-order valence-corrected chi connectivity index (χ4v) is 1.77. The van der Waals surface area contributed by atoms with E-state index >= 15 is 0 Å². The van der Waals surface area contributed by atoms with E-state index in [1.165, 1.54) is 0 Å². The smallest absolute Gasteiger partial charge is 0.120 e. The Kier molecular flexibility index (Phi) is 4.07. The van der Waals surface area contributed by atoms with E-state index in [1.807, 2.05) is 18.2 Å². The van der Waals surface area contributed by atoms with E-state index in [-0.39, 0.29) is 6.61 Å². The number of anilines is 1. The molecular formula is C14H14ClNO2. The van der Waals surface area contributed by atoms with Gasteiger partial charge in [0.15, 0.2) is 0 Å². The second-order valence-corrected chi connectivity index (χ2v) is 4.35. The first-order valence-electron chi connectivity index (χ1n) is 5.55. The molecule has 0 aliphatic carbocycles. The molecule has 0 fully saturated rings. The fourth-order valence-electron chi connectivity index (χ4n) is 1.60. The van der Waals surface area contributed by atoms with Crippen LogP contribution in [0.4, 0.5) is 5.69 Å². The van der Waals surface area contributed by atoms with E-state index in [4.69, 9.17) is 27.2 Å². The summed E-state index contributed by atoms with van der Waals surface area (Å²) in [5, 5.41) is 9.66. The molecule has 2 aromatic rings. The van der Waals surface area contributed by atoms with Crippen LogP contribution < -0.4 is 10.5 Å². The van der Waals surface area contributed by atoms with Crippen molar-refractivity contribution in [2.45, 2.75) is 13.2 Å². The van der Waals surface area contributed by atoms with Crippen molar-refractivity contribution in [2.75, 3.05) is 5.73 Å². The second-order valence-electron chi connectivity index (χ2n) is 3.95. The van der Waals surface area contributed by atoms with E-state index in [2.05, 4.69) is 0 Å². The SMILES string of the molecule is Nc1ccc(Cl)c(COc2cccc(CO)c2)c1. The molecule has 0 spiro atoms. The van der Waals surface area contributed by atoms with E-state index in [0.717, 1.165) is 11.1 Å². The highest BCUT2D eigenvalue weighted by molar-refractivity contribution is 6.31. The van der Waals surface area contributed by atoms with Crippen LogP contribution in [0.3, 0.4) is 0 Å². The van der Waals surface area contributed by atoms with E-state index in [1.54, 1.807) is 24.3 Å². The maximum absolute atomic E-state index is 9.03. The van der Waals surface area contributed by atoms with Crippen LogP contribution in [0.15, 0.2) is 42.5 Å². The van der Waals surface area contributed by atoms with Gasteiger partial charge in [-0.3, -0.25) is 0 Å². The van der Waals surface area contributed by atoms with Gasteiger partial charge in [-0.2, -0.15) is 0 Å². The number of benzene rings is 2. The molecule has 0 saturated carbocycles. The molecular weight excluding hydrogens is 250 g/mol. The van der Waals surface area contributed by atoms with Gasteiger partial charge >= 0.3 is 0 Å². The summed E-state index contributed by atoms with van der Waals surface area (Å²) in [4.78, 5) is 0. The highest BCUT2D eigenvalue weighted by atomic mass is 35.5. The van der Waals surface area contributed by atoms with Crippen LogP contribution in [-0.4, -0.2) is 5.11 Å². The molecule has 0 unspecified atom stereocenters. The van der Waals surface area contributed by atoms with Crippen molar-refractivity contribution < 1.29 is 9.84 Å². The normalized spacial score (nSPS) is 10.3. The van der Waals surface area contributed by atoms with Crippen molar-refractivity contribution in [1.29, 1.82) is 0 Å². The number of nitrogen functional groups attached to an aromatic ring is 1. The zero-order valence-corrected chi connectivity index (χ0v) is 10.5. The van der Waals surface area contributed by atoms with Gasteiger partial charge in [-0.05, 0) is 35.9 Å². The number of aliphatic hydroxyl groups is 1. The molecule has 94 valence electrons. The molecule has 3 nitrogen and oxygen atoms in total. The Morgan fingerprint density at radius 2 is 2.00 bits per heavy atom. The number of rotatable bonds is 4. The van der Waals surface area contributed by atoms with Gasteiger partial charge in [-0.1, -0.05) is 23.7 Å². The van der Waals surface area contributed by atoms with E-state index in [0.29, 0.717) is 23.1 Å². The third kappa shape index (κ3) is 3.15. The Morgan fingerprint density at radius 1 is 1.17 bits per heavy atom. The first-order valence-corrected chi connectivity index (χ1v) is 5.93. The first-order chi connectivity index (χ1) is 8.69. The summed E-state index contributed by atoms with van der Waals surface area (Å²) in [6.45, 7) is 0.342. The highest BCUT2D eigenvalue weighted by Gasteiger charge is 2.02. The van der Waals surface area contributed by atoms with Crippen molar-refractivity contribution in [2.24, 2.45) is 0 Å². The summed E-state index contributed by atoms with van der Waals surface area (Å²) in [5.41, 5.74) is 8.00. The van der Waals surface area contributed by atoms with Crippen LogP contribution in [-0.2, 0) is 13.2 Å². The molecule has 0 amide bonds. The number of ether oxygens (including phenoxy) is 1. The summed E-state index contributed by atoms with van der Waals surface area (Å²) < 4.78 is 5.62. The Hall–Kier alpha value is -1.71. The Labute approximate surface area is 111 Å². The molecule has 18 heavy (non-hydrogen) atoms. The minimum Gasteiger partial charge on any atom is -0.489 e. The molecule has 0 heterocycles. The molecule has 0 atom stereocenters. The van der Waals surface area contributed by atoms with Crippen molar-refractivity contribution >= 4 is 17.3 Å². The molecule has 2 aromatic carbocycles. The van der Waals surface area contributed by atoms with Crippen LogP contribution >= 0.6 is 11.6 Å². The number of hydrogen-bond donors (Lipinski definition) is 2. The fraction of sp³-hybridized carbons (Fsp3) is 0.143. The lowest BCUT2D eigenvalue weighted by atomic mass is 10.2. The van der Waals surface area contributed by atoms with Crippen LogP contribution in [0.25, 0.3) is 0 Å². The maximum Gasteiger partial charge on any atom is 0.120 e. The average molecular weight is 264 g/mol. The lowest BCUT2D eigenvalue weighted by molar-refractivity contribution is 0.278. The zero-order chi connectivity index (χ0) is 13.0. The van der Waals surface area contributed by atoms with Gasteiger partial charge in [0.1, 0.15) is 12.4 Å². The standard InChI is InChI=1S/C14H14ClNO2/c15-14-5-4-12(16)7-11(14)9-18-13-3-1-2-10(6-13)8-17/h1-7,17H,8-9,16H2. The summed E-state index contributed by atoms with van der Waals surface area (Å²) in [6, 6.07) is 12.6. The van der Waals surface area contributed by atoms with E-state index < -0.39 is 0 Å². The van der Waals surface area contributed by atoms with Gasteiger partial charge in [-0.15, -0.1) is 0 Å². The van der Waals surface area contributed by atoms with Gasteiger partial charge in [-0.25, -0.2) is 0 Å². The molecule has 0 bridgehead atoms. The number of aliphatic hydroxyl groups excluding tert-OH is 1. The van der Waals surface area contributed by atoms with Crippen LogP contribution in [0.2, 0.25) is 5.02 Å². The van der Waals surface area contributed by atoms with Gasteiger partial charge in [0.25, 0.3) is 0 Å². The molecule has 0 aliphatic heterocycles. The Bertz CT molecular complexity index is 543. The van der Waals surface area contributed by atoms with Gasteiger partial charge in [0.05, 0.1) is 6.61 Å². The Balaban J connectivity index is 2.08. The van der Waals surface area contributed by atoms with Crippen LogP contribution in [0.5, 0.6) is 5.75 Å². The summed E-state index contributed by atoms with van der Waals surface area (Å²) in [7, 11) is 0. The highest BCUT2D eigenvalue weighted by Crippen LogP contribution is 2.21. The summed E-state index contributed by atoms with van der Waals surface area (Å²) in [6.07, 6.45) is 0. The van der Waals surface area contributed by atoms with Crippen molar-refractivity contribution in [1.82, 2.24) is 0 Å². The van der Waals surface area contributed by atoms with Crippen LogP contribution in [0.1, 0.15) is 11.1 Å². The molecule has 2 rings (SSSR count). The second kappa shape index (κ2) is 5.76. The average Bonchev–Trinajstić information content (AvgIpc) is 2.40. The molecule has 0 saturated heterocycles. The van der Waals surface area contributed by atoms with Gasteiger partial charge in [0.2, 0.25) is 0 Å². The predicted molar refractivity (Wildman–Crippen MR) is 72.6 cm³/mol. The minimum absolute atomic E-state index is 0.00373. The predicted octanol–water partition coefficient (Wildman–Crippen LogP) is 2.99. The minimum atomic E-state index is -0.00373. The van der Waals surface area contributed by atoms with Crippen molar-refractivity contribution in [3.8, 4) is 5.75 Å². The largest absolute Gasteiger partial charge is 0.489 e. The third-order valence-electron chi connectivity index (χ3n) is 2.55. The first kappa shape index (κ1) is 12.7. The maximum atomic E-state index is 9.03. The molecule has 4 heteroatoms. The third-order valence-corrected chi connectivity index (χ3v) is 2.91. The number of halogens is 1. The molecule has 0 radical (unpaired) electrons. The van der Waals surface area contributed by atoms with Crippen LogP contribution in [0, 0.1) is 0 Å². The molecule has 0 aromatic heterocycles. The van der Waals surface area contributed by atoms with Gasteiger partial charge < -0.3 is 15.6 Å². The monoisotopic (exact) mass is 263 g/mol. The lowest BCUT2D eigenvalue weighted by Gasteiger charge is -2.09. The number of nitrogens with two attached hydrogens (primary N) is 1. The van der Waals surface area contributed by atoms with E-state index in [9.17, 15) is 0 Å². The summed E-state index contributed by atoms with van der Waals surface area (Å²) in [5.74, 6) is 0.694. The molecule has 3 N–H and O–H groups in total. The zero-order valence-electron chi connectivity index (χ0n) is 9.77. The van der Waals surface area contributed by atoms with Gasteiger partial charge in [0, 0.05) is 16.3 Å². The summed E-state index contributed by atoms with van der Waals surface area (Å²) >= 11 is 6.05. The van der Waals surface area contributed by atoms with Crippen molar-refractivity contribution in [3.63, 3.8) is 0 Å². The lowest BCUT2D eigenvalue weighted by Crippen LogP contribution is -1.98.